The second kappa shape index (κ2) is 6.60. The molecule has 0 fully saturated rings. The Bertz CT molecular complexity index is 622. The fraction of sp³-hybridized carbons (Fsp3) is 0.333. The number of hydrogen-bond donors (Lipinski definition) is 3. The van der Waals surface area contributed by atoms with Crippen molar-refractivity contribution in [2.45, 2.75) is 17.9 Å². The maximum Gasteiger partial charge on any atom is 0.240 e. The summed E-state index contributed by atoms with van der Waals surface area (Å²) in [4.78, 5) is 4.19. The zero-order chi connectivity index (χ0) is 14.4. The summed E-state index contributed by atoms with van der Waals surface area (Å²) in [6.45, 7) is 0.981. The maximum atomic E-state index is 12.1. The van der Waals surface area contributed by atoms with E-state index in [1.54, 1.807) is 24.3 Å². The van der Waals surface area contributed by atoms with Crippen LogP contribution in [-0.2, 0) is 23.0 Å². The van der Waals surface area contributed by atoms with Gasteiger partial charge in [0.2, 0.25) is 10.0 Å². The van der Waals surface area contributed by atoms with E-state index in [0.29, 0.717) is 18.8 Å². The van der Waals surface area contributed by atoms with Crippen LogP contribution in [0.1, 0.15) is 11.4 Å². The quantitative estimate of drug-likeness (QED) is 0.670. The Morgan fingerprint density at radius 1 is 1.25 bits per heavy atom. The average molecular weight is 295 g/mol. The van der Waals surface area contributed by atoms with Crippen LogP contribution in [-0.4, -0.2) is 37.2 Å². The van der Waals surface area contributed by atoms with Gasteiger partial charge in [0.1, 0.15) is 12.2 Å². The lowest BCUT2D eigenvalue weighted by Crippen LogP contribution is -2.26. The number of nitrogens with zero attached hydrogens (tertiary/aromatic N) is 2. The molecule has 0 saturated carbocycles. The van der Waals surface area contributed by atoms with Crippen molar-refractivity contribution in [3.63, 3.8) is 0 Å². The number of benzene rings is 1. The van der Waals surface area contributed by atoms with Gasteiger partial charge in [-0.2, -0.15) is 5.10 Å². The van der Waals surface area contributed by atoms with E-state index >= 15 is 0 Å². The molecule has 1 aromatic heterocycles. The lowest BCUT2D eigenvalue weighted by atomic mass is 10.2. The molecule has 8 heteroatoms. The van der Waals surface area contributed by atoms with Gasteiger partial charge in [0.05, 0.1) is 4.90 Å². The number of aromatic amines is 1. The van der Waals surface area contributed by atoms with E-state index in [0.717, 1.165) is 5.56 Å². The first-order valence-corrected chi connectivity index (χ1v) is 7.67. The molecule has 0 aliphatic carbocycles. The Labute approximate surface area is 117 Å². The topological polar surface area (TPSA) is 99.8 Å². The summed E-state index contributed by atoms with van der Waals surface area (Å²) >= 11 is 0. The molecule has 0 aliphatic heterocycles. The SMILES string of the molecule is CNCc1ccc(S(=O)(=O)NCCc2ncn[nH]2)cc1. The van der Waals surface area contributed by atoms with E-state index in [2.05, 4.69) is 25.2 Å². The molecule has 0 bridgehead atoms. The molecule has 2 rings (SSSR count). The summed E-state index contributed by atoms with van der Waals surface area (Å²) in [6.07, 6.45) is 1.86. The van der Waals surface area contributed by atoms with Crippen LogP contribution in [0.4, 0.5) is 0 Å². The Morgan fingerprint density at radius 3 is 2.60 bits per heavy atom. The van der Waals surface area contributed by atoms with Crippen molar-refractivity contribution in [1.29, 1.82) is 0 Å². The highest BCUT2D eigenvalue weighted by Crippen LogP contribution is 2.10. The van der Waals surface area contributed by atoms with Gasteiger partial charge in [0.15, 0.2) is 0 Å². The molecule has 0 aliphatic rings. The van der Waals surface area contributed by atoms with Gasteiger partial charge in [-0.1, -0.05) is 12.1 Å². The molecule has 2 aromatic rings. The maximum absolute atomic E-state index is 12.1. The summed E-state index contributed by atoms with van der Waals surface area (Å²) < 4.78 is 26.6. The smallest absolute Gasteiger partial charge is 0.240 e. The fourth-order valence-electron chi connectivity index (χ4n) is 1.73. The standard InChI is InChI=1S/C12H17N5O2S/c1-13-8-10-2-4-11(5-3-10)20(18,19)16-7-6-12-14-9-15-17-12/h2-5,9,13,16H,6-8H2,1H3,(H,14,15,17). The highest BCUT2D eigenvalue weighted by atomic mass is 32.2. The number of nitrogens with one attached hydrogen (secondary N) is 3. The van der Waals surface area contributed by atoms with Crippen molar-refractivity contribution >= 4 is 10.0 Å². The van der Waals surface area contributed by atoms with Crippen LogP contribution in [0, 0.1) is 0 Å². The lowest BCUT2D eigenvalue weighted by molar-refractivity contribution is 0.581. The van der Waals surface area contributed by atoms with E-state index in [9.17, 15) is 8.42 Å². The zero-order valence-corrected chi connectivity index (χ0v) is 11.9. The predicted molar refractivity (Wildman–Crippen MR) is 74.5 cm³/mol. The Morgan fingerprint density at radius 2 is 2.00 bits per heavy atom. The van der Waals surface area contributed by atoms with E-state index in [4.69, 9.17) is 0 Å². The largest absolute Gasteiger partial charge is 0.316 e. The molecule has 7 nitrogen and oxygen atoms in total. The normalized spacial score (nSPS) is 11.7. The number of H-pyrrole nitrogens is 1. The minimum atomic E-state index is -3.48. The molecule has 108 valence electrons. The third-order valence-corrected chi connectivity index (χ3v) is 4.21. The first kappa shape index (κ1) is 14.6. The highest BCUT2D eigenvalue weighted by Gasteiger charge is 2.13. The van der Waals surface area contributed by atoms with Crippen LogP contribution in [0.3, 0.4) is 0 Å². The summed E-state index contributed by atoms with van der Waals surface area (Å²) in [5, 5.41) is 9.40. The molecule has 20 heavy (non-hydrogen) atoms. The van der Waals surface area contributed by atoms with Crippen molar-refractivity contribution in [3.05, 3.63) is 42.0 Å². The van der Waals surface area contributed by atoms with Gasteiger partial charge in [0, 0.05) is 19.5 Å². The average Bonchev–Trinajstić information content (AvgIpc) is 2.93. The van der Waals surface area contributed by atoms with E-state index in [-0.39, 0.29) is 11.4 Å². The molecule has 0 unspecified atom stereocenters. The van der Waals surface area contributed by atoms with Crippen molar-refractivity contribution in [3.8, 4) is 0 Å². The van der Waals surface area contributed by atoms with Gasteiger partial charge < -0.3 is 5.32 Å². The van der Waals surface area contributed by atoms with E-state index in [1.165, 1.54) is 6.33 Å². The lowest BCUT2D eigenvalue weighted by Gasteiger charge is -2.07. The molecular formula is C12H17N5O2S. The summed E-state index contributed by atoms with van der Waals surface area (Å²) in [5.41, 5.74) is 1.04. The van der Waals surface area contributed by atoms with Crippen LogP contribution in [0.2, 0.25) is 0 Å². The van der Waals surface area contributed by atoms with Crippen LogP contribution >= 0.6 is 0 Å². The van der Waals surface area contributed by atoms with Crippen molar-refractivity contribution in [2.24, 2.45) is 0 Å². The number of rotatable bonds is 7. The first-order chi connectivity index (χ1) is 9.62. The number of aromatic nitrogens is 3. The molecule has 0 spiro atoms. The first-order valence-electron chi connectivity index (χ1n) is 6.19. The predicted octanol–water partition coefficient (Wildman–Crippen LogP) is 0.0451. The van der Waals surface area contributed by atoms with Crippen LogP contribution < -0.4 is 10.0 Å². The van der Waals surface area contributed by atoms with Crippen molar-refractivity contribution in [1.82, 2.24) is 25.2 Å². The van der Waals surface area contributed by atoms with Crippen molar-refractivity contribution in [2.75, 3.05) is 13.6 Å². The van der Waals surface area contributed by atoms with Gasteiger partial charge >= 0.3 is 0 Å². The Kier molecular flexibility index (Phi) is 4.83. The second-order valence-corrected chi connectivity index (χ2v) is 6.02. The summed E-state index contributed by atoms with van der Waals surface area (Å²) in [6, 6.07) is 6.79. The highest BCUT2D eigenvalue weighted by molar-refractivity contribution is 7.89. The molecule has 3 N–H and O–H groups in total. The van der Waals surface area contributed by atoms with Gasteiger partial charge in [-0.25, -0.2) is 18.1 Å². The third-order valence-electron chi connectivity index (χ3n) is 2.73. The van der Waals surface area contributed by atoms with Crippen LogP contribution in [0.15, 0.2) is 35.5 Å². The van der Waals surface area contributed by atoms with E-state index < -0.39 is 10.0 Å². The minimum Gasteiger partial charge on any atom is -0.316 e. The Hall–Kier alpha value is -1.77. The van der Waals surface area contributed by atoms with E-state index in [1.807, 2.05) is 7.05 Å². The van der Waals surface area contributed by atoms with Gasteiger partial charge in [-0.15, -0.1) is 0 Å². The number of sulfonamides is 1. The molecule has 0 radical (unpaired) electrons. The molecule has 1 aromatic carbocycles. The molecule has 0 atom stereocenters. The molecule has 0 amide bonds. The molecule has 1 heterocycles. The number of hydrogen-bond acceptors (Lipinski definition) is 5. The third kappa shape index (κ3) is 3.86. The Balaban J connectivity index is 1.95. The van der Waals surface area contributed by atoms with Crippen molar-refractivity contribution < 1.29 is 8.42 Å². The monoisotopic (exact) mass is 295 g/mol. The van der Waals surface area contributed by atoms with Gasteiger partial charge in [0.25, 0.3) is 0 Å². The van der Waals surface area contributed by atoms with Crippen LogP contribution in [0.5, 0.6) is 0 Å². The summed E-state index contributed by atoms with van der Waals surface area (Å²) in [7, 11) is -1.63. The minimum absolute atomic E-state index is 0.259. The second-order valence-electron chi connectivity index (χ2n) is 4.25. The molecule has 0 saturated heterocycles. The van der Waals surface area contributed by atoms with Gasteiger partial charge in [-0.05, 0) is 24.7 Å². The summed E-state index contributed by atoms with van der Waals surface area (Å²) in [5.74, 6) is 0.650. The fourth-order valence-corrected chi connectivity index (χ4v) is 2.76. The molecular weight excluding hydrogens is 278 g/mol. The zero-order valence-electron chi connectivity index (χ0n) is 11.1. The van der Waals surface area contributed by atoms with Crippen LogP contribution in [0.25, 0.3) is 0 Å². The van der Waals surface area contributed by atoms with Gasteiger partial charge in [-0.3, -0.25) is 5.10 Å².